The molecule has 9 heteroatoms. The minimum Gasteiger partial charge on any atom is -0.468 e. The van der Waals surface area contributed by atoms with E-state index in [0.717, 1.165) is 0 Å². The van der Waals surface area contributed by atoms with Crippen LogP contribution in [0.5, 0.6) is 0 Å². The first-order valence-electron chi connectivity index (χ1n) is 7.45. The number of benzene rings is 1. The van der Waals surface area contributed by atoms with E-state index < -0.39 is 21.9 Å². The molecule has 24 heavy (non-hydrogen) atoms. The van der Waals surface area contributed by atoms with Crippen molar-refractivity contribution in [2.24, 2.45) is 5.92 Å². The monoisotopic (exact) mass is 374 g/mol. The fraction of sp³-hybridized carbons (Fsp3) is 0.467. The zero-order chi connectivity index (χ0) is 17.7. The first-order chi connectivity index (χ1) is 11.3. The molecule has 132 valence electrons. The van der Waals surface area contributed by atoms with Gasteiger partial charge in [-0.3, -0.25) is 9.59 Å². The van der Waals surface area contributed by atoms with Crippen LogP contribution in [0.1, 0.15) is 12.8 Å². The van der Waals surface area contributed by atoms with E-state index in [1.807, 2.05) is 0 Å². The van der Waals surface area contributed by atoms with E-state index in [-0.39, 0.29) is 23.9 Å². The van der Waals surface area contributed by atoms with Gasteiger partial charge in [-0.1, -0.05) is 11.6 Å². The lowest BCUT2D eigenvalue weighted by Crippen LogP contribution is -2.46. The lowest BCUT2D eigenvalue weighted by Gasteiger charge is -2.31. The fourth-order valence-corrected chi connectivity index (χ4v) is 4.16. The summed E-state index contributed by atoms with van der Waals surface area (Å²) in [6, 6.07) is 5.91. The molecule has 7 nitrogen and oxygen atoms in total. The Labute approximate surface area is 146 Å². The van der Waals surface area contributed by atoms with Crippen LogP contribution in [0, 0.1) is 5.92 Å². The number of hydrogen-bond acceptors (Lipinski definition) is 5. The van der Waals surface area contributed by atoms with Gasteiger partial charge in [0.25, 0.3) is 0 Å². The molecule has 1 fully saturated rings. The number of nitrogens with one attached hydrogen (secondary N) is 1. The number of amides is 1. The first kappa shape index (κ1) is 18.7. The number of nitrogens with zero attached hydrogens (tertiary/aromatic N) is 1. The van der Waals surface area contributed by atoms with E-state index in [1.54, 1.807) is 0 Å². The number of methoxy groups -OCH3 is 1. The zero-order valence-electron chi connectivity index (χ0n) is 13.2. The highest BCUT2D eigenvalue weighted by molar-refractivity contribution is 7.89. The minimum atomic E-state index is -3.68. The van der Waals surface area contributed by atoms with Crippen LogP contribution in [0.2, 0.25) is 5.02 Å². The van der Waals surface area contributed by atoms with Crippen LogP contribution in [0.25, 0.3) is 0 Å². The van der Waals surface area contributed by atoms with Gasteiger partial charge in [0, 0.05) is 18.1 Å². The van der Waals surface area contributed by atoms with Gasteiger partial charge in [0.2, 0.25) is 15.9 Å². The molecular formula is C15H19ClN2O5S. The van der Waals surface area contributed by atoms with E-state index in [2.05, 4.69) is 10.1 Å². The summed E-state index contributed by atoms with van der Waals surface area (Å²) in [6.07, 6.45) is 1.14. The predicted molar refractivity (Wildman–Crippen MR) is 88.0 cm³/mol. The predicted octanol–water partition coefficient (Wildman–Crippen LogP) is 1.03. The molecule has 1 aliphatic rings. The van der Waals surface area contributed by atoms with Crippen LogP contribution in [-0.2, 0) is 24.3 Å². The van der Waals surface area contributed by atoms with E-state index in [4.69, 9.17) is 11.6 Å². The Morgan fingerprint density at radius 2 is 2.00 bits per heavy atom. The molecule has 1 N–H and O–H groups in total. The number of halogens is 1. The molecule has 1 heterocycles. The van der Waals surface area contributed by atoms with Crippen molar-refractivity contribution in [2.45, 2.75) is 17.7 Å². The lowest BCUT2D eigenvalue weighted by atomic mass is 9.99. The van der Waals surface area contributed by atoms with Gasteiger partial charge in [-0.25, -0.2) is 8.42 Å². The highest BCUT2D eigenvalue weighted by atomic mass is 35.5. The molecule has 1 aliphatic heterocycles. The molecule has 2 rings (SSSR count). The molecule has 0 spiro atoms. The van der Waals surface area contributed by atoms with E-state index in [1.165, 1.54) is 35.7 Å². The van der Waals surface area contributed by atoms with Crippen molar-refractivity contribution in [2.75, 3.05) is 26.7 Å². The second kappa shape index (κ2) is 7.96. The molecular weight excluding hydrogens is 356 g/mol. The van der Waals surface area contributed by atoms with Crippen molar-refractivity contribution in [3.8, 4) is 0 Å². The topological polar surface area (TPSA) is 92.8 Å². The van der Waals surface area contributed by atoms with Gasteiger partial charge in [0.05, 0.1) is 17.9 Å². The van der Waals surface area contributed by atoms with Gasteiger partial charge in [0.1, 0.15) is 6.54 Å². The van der Waals surface area contributed by atoms with Crippen molar-refractivity contribution in [3.63, 3.8) is 0 Å². The van der Waals surface area contributed by atoms with Crippen LogP contribution < -0.4 is 5.32 Å². The zero-order valence-corrected chi connectivity index (χ0v) is 14.8. The number of sulfonamides is 1. The SMILES string of the molecule is COC(=O)CNC(=O)C1CCCN(S(=O)(=O)c2ccc(Cl)cc2)C1. The van der Waals surface area contributed by atoms with Crippen molar-refractivity contribution in [1.29, 1.82) is 0 Å². The summed E-state index contributed by atoms with van der Waals surface area (Å²) in [6.45, 7) is 0.208. The number of rotatable bonds is 5. The molecule has 1 aromatic carbocycles. The fourth-order valence-electron chi connectivity index (χ4n) is 2.51. The summed E-state index contributed by atoms with van der Waals surface area (Å²) in [4.78, 5) is 23.3. The number of esters is 1. The Bertz CT molecular complexity index is 705. The van der Waals surface area contributed by atoms with Crippen LogP contribution >= 0.6 is 11.6 Å². The van der Waals surface area contributed by atoms with Crippen LogP contribution in [0.15, 0.2) is 29.2 Å². The van der Waals surface area contributed by atoms with E-state index >= 15 is 0 Å². The largest absolute Gasteiger partial charge is 0.468 e. The molecule has 1 amide bonds. The molecule has 1 aromatic rings. The third-order valence-corrected chi connectivity index (χ3v) is 5.97. The Morgan fingerprint density at radius 1 is 1.33 bits per heavy atom. The Morgan fingerprint density at radius 3 is 2.62 bits per heavy atom. The summed E-state index contributed by atoms with van der Waals surface area (Å²) < 4.78 is 31.1. The maximum absolute atomic E-state index is 12.7. The van der Waals surface area contributed by atoms with Gasteiger partial charge in [-0.05, 0) is 37.1 Å². The molecule has 0 bridgehead atoms. The summed E-state index contributed by atoms with van der Waals surface area (Å²) in [5.41, 5.74) is 0. The summed E-state index contributed by atoms with van der Waals surface area (Å²) in [7, 11) is -2.45. The van der Waals surface area contributed by atoms with Crippen molar-refractivity contribution in [1.82, 2.24) is 9.62 Å². The van der Waals surface area contributed by atoms with Crippen LogP contribution in [-0.4, -0.2) is 51.3 Å². The van der Waals surface area contributed by atoms with E-state index in [9.17, 15) is 18.0 Å². The van der Waals surface area contributed by atoms with Crippen molar-refractivity contribution < 1.29 is 22.7 Å². The number of hydrogen-bond donors (Lipinski definition) is 1. The third kappa shape index (κ3) is 4.46. The van der Waals surface area contributed by atoms with E-state index in [0.29, 0.717) is 24.4 Å². The molecule has 0 aliphatic carbocycles. The number of piperidine rings is 1. The third-order valence-electron chi connectivity index (χ3n) is 3.84. The van der Waals surface area contributed by atoms with Gasteiger partial charge in [0.15, 0.2) is 0 Å². The van der Waals surface area contributed by atoms with Crippen LogP contribution in [0.3, 0.4) is 0 Å². The Balaban J connectivity index is 2.05. The highest BCUT2D eigenvalue weighted by Gasteiger charge is 2.33. The average molecular weight is 375 g/mol. The summed E-state index contributed by atoms with van der Waals surface area (Å²) in [5, 5.41) is 2.92. The number of carbonyl (C=O) groups is 2. The standard InChI is InChI=1S/C15H19ClN2O5S/c1-23-14(19)9-17-15(20)11-3-2-8-18(10-11)24(21,22)13-6-4-12(16)5-7-13/h4-7,11H,2-3,8-10H2,1H3,(H,17,20). The number of ether oxygens (including phenoxy) is 1. The molecule has 0 saturated carbocycles. The Kier molecular flexibility index (Phi) is 6.20. The maximum atomic E-state index is 12.7. The van der Waals surface area contributed by atoms with Crippen molar-refractivity contribution >= 4 is 33.5 Å². The average Bonchev–Trinajstić information content (AvgIpc) is 2.59. The lowest BCUT2D eigenvalue weighted by molar-refractivity contribution is -0.141. The number of carbonyl (C=O) groups excluding carboxylic acids is 2. The first-order valence-corrected chi connectivity index (χ1v) is 9.26. The molecule has 0 aromatic heterocycles. The minimum absolute atomic E-state index is 0.0813. The van der Waals surface area contributed by atoms with Gasteiger partial charge in [-0.2, -0.15) is 4.31 Å². The molecule has 1 unspecified atom stereocenters. The van der Waals surface area contributed by atoms with Gasteiger partial charge >= 0.3 is 5.97 Å². The second-order valence-electron chi connectivity index (χ2n) is 5.45. The normalized spacial score (nSPS) is 18.8. The smallest absolute Gasteiger partial charge is 0.325 e. The highest BCUT2D eigenvalue weighted by Crippen LogP contribution is 2.24. The second-order valence-corrected chi connectivity index (χ2v) is 7.82. The molecule has 1 saturated heterocycles. The van der Waals surface area contributed by atoms with Gasteiger partial charge in [-0.15, -0.1) is 0 Å². The van der Waals surface area contributed by atoms with Crippen LogP contribution in [0.4, 0.5) is 0 Å². The van der Waals surface area contributed by atoms with Crippen molar-refractivity contribution in [3.05, 3.63) is 29.3 Å². The molecule has 1 atom stereocenters. The molecule has 0 radical (unpaired) electrons. The summed E-state index contributed by atoms with van der Waals surface area (Å²) in [5.74, 6) is -1.40. The maximum Gasteiger partial charge on any atom is 0.325 e. The van der Waals surface area contributed by atoms with Gasteiger partial charge < -0.3 is 10.1 Å². The Hall–Kier alpha value is -1.64. The quantitative estimate of drug-likeness (QED) is 0.777. The summed E-state index contributed by atoms with van der Waals surface area (Å²) >= 11 is 5.79.